The van der Waals surface area contributed by atoms with E-state index in [9.17, 15) is 4.79 Å². The summed E-state index contributed by atoms with van der Waals surface area (Å²) in [4.78, 5) is 15.2. The Morgan fingerprint density at radius 2 is 2.31 bits per heavy atom. The van der Waals surface area contributed by atoms with Crippen molar-refractivity contribution in [2.45, 2.75) is 6.42 Å². The smallest absolute Gasteiger partial charge is 0.231 e. The molecule has 5 nitrogen and oxygen atoms in total. The topological polar surface area (TPSA) is 61.6 Å². The highest BCUT2D eigenvalue weighted by atomic mass is 16.2. The van der Waals surface area contributed by atoms with Crippen LogP contribution in [0.25, 0.3) is 0 Å². The maximum atomic E-state index is 11.5. The Kier molecular flexibility index (Phi) is 2.80. The fraction of sp³-hybridized carbons (Fsp3) is 0.364. The van der Waals surface area contributed by atoms with E-state index in [1.807, 2.05) is 30.1 Å². The van der Waals surface area contributed by atoms with Gasteiger partial charge >= 0.3 is 0 Å². The Balaban J connectivity index is 2.28. The molecule has 16 heavy (non-hydrogen) atoms. The van der Waals surface area contributed by atoms with E-state index in [0.29, 0.717) is 13.1 Å². The van der Waals surface area contributed by atoms with Crippen LogP contribution >= 0.6 is 0 Å². The monoisotopic (exact) mass is 220 g/mol. The summed E-state index contributed by atoms with van der Waals surface area (Å²) in [6, 6.07) is 6.00. The Bertz CT molecular complexity index is 418. The van der Waals surface area contributed by atoms with Crippen molar-refractivity contribution in [2.24, 2.45) is 5.84 Å². The van der Waals surface area contributed by atoms with Gasteiger partial charge in [-0.2, -0.15) is 0 Å². The number of fused-ring (bicyclic) bond motifs is 1. The number of nitrogens with one attached hydrogen (secondary N) is 1. The van der Waals surface area contributed by atoms with E-state index in [0.717, 1.165) is 16.9 Å². The predicted octanol–water partition coefficient (Wildman–Crippen LogP) is 0.0625. The number of anilines is 2. The molecule has 86 valence electrons. The third-order valence-electron chi connectivity index (χ3n) is 2.91. The Morgan fingerprint density at radius 1 is 1.56 bits per heavy atom. The molecule has 2 rings (SSSR count). The van der Waals surface area contributed by atoms with Gasteiger partial charge in [-0.3, -0.25) is 10.6 Å². The molecule has 0 unspecified atom stereocenters. The standard InChI is InChI=1S/C11H16N4O/c1-14(7-13-12)9-3-4-10-8(5-9)6-11(16)15(10)2/h3-5,13H,6-7,12H2,1-2H3. The number of amides is 1. The first-order chi connectivity index (χ1) is 7.63. The first-order valence-electron chi connectivity index (χ1n) is 5.17. The molecule has 0 spiro atoms. The normalized spacial score (nSPS) is 14.2. The Morgan fingerprint density at radius 3 is 3.00 bits per heavy atom. The highest BCUT2D eigenvalue weighted by Crippen LogP contribution is 2.30. The fourth-order valence-electron chi connectivity index (χ4n) is 1.92. The van der Waals surface area contributed by atoms with E-state index in [2.05, 4.69) is 5.43 Å². The second-order valence-electron chi connectivity index (χ2n) is 4.00. The molecule has 1 aromatic carbocycles. The van der Waals surface area contributed by atoms with Crippen LogP contribution in [-0.4, -0.2) is 26.7 Å². The van der Waals surface area contributed by atoms with Gasteiger partial charge in [0.15, 0.2) is 0 Å². The number of hydrazine groups is 1. The molecule has 1 aromatic rings. The fourth-order valence-corrected chi connectivity index (χ4v) is 1.92. The lowest BCUT2D eigenvalue weighted by Gasteiger charge is -2.19. The molecule has 0 aliphatic carbocycles. The number of rotatable bonds is 3. The molecule has 5 heteroatoms. The van der Waals surface area contributed by atoms with Crippen LogP contribution in [0.1, 0.15) is 5.56 Å². The number of hydrogen-bond acceptors (Lipinski definition) is 4. The average Bonchev–Trinajstić information content (AvgIpc) is 2.55. The molecule has 0 atom stereocenters. The predicted molar refractivity (Wildman–Crippen MR) is 64.1 cm³/mol. The second kappa shape index (κ2) is 4.11. The number of carbonyl (C=O) groups is 1. The van der Waals surface area contributed by atoms with Crippen LogP contribution in [0.4, 0.5) is 11.4 Å². The molecule has 1 heterocycles. The van der Waals surface area contributed by atoms with Gasteiger partial charge in [0.25, 0.3) is 0 Å². The summed E-state index contributed by atoms with van der Waals surface area (Å²) in [5, 5.41) is 0. The first-order valence-corrected chi connectivity index (χ1v) is 5.17. The van der Waals surface area contributed by atoms with E-state index in [1.165, 1.54) is 0 Å². The molecular formula is C11H16N4O. The van der Waals surface area contributed by atoms with E-state index in [1.54, 1.807) is 11.9 Å². The number of carbonyl (C=O) groups excluding carboxylic acids is 1. The van der Waals surface area contributed by atoms with Gasteiger partial charge in [-0.05, 0) is 23.8 Å². The van der Waals surface area contributed by atoms with Gasteiger partial charge in [0, 0.05) is 25.5 Å². The van der Waals surface area contributed by atoms with Gasteiger partial charge in [0.2, 0.25) is 5.91 Å². The highest BCUT2D eigenvalue weighted by Gasteiger charge is 2.24. The zero-order valence-corrected chi connectivity index (χ0v) is 9.53. The lowest BCUT2D eigenvalue weighted by atomic mass is 10.1. The summed E-state index contributed by atoms with van der Waals surface area (Å²) in [5.41, 5.74) is 5.74. The first kappa shape index (κ1) is 10.9. The number of likely N-dealkylation sites (N-methyl/N-ethyl adjacent to an activating group) is 1. The minimum atomic E-state index is 0.145. The quantitative estimate of drug-likeness (QED) is 0.430. The van der Waals surface area contributed by atoms with Crippen LogP contribution in [0.5, 0.6) is 0 Å². The Hall–Kier alpha value is -1.59. The zero-order chi connectivity index (χ0) is 11.7. The summed E-state index contributed by atoms with van der Waals surface area (Å²) < 4.78 is 0. The van der Waals surface area contributed by atoms with Crippen LogP contribution < -0.4 is 21.1 Å². The van der Waals surface area contributed by atoms with Gasteiger partial charge in [-0.15, -0.1) is 0 Å². The maximum Gasteiger partial charge on any atom is 0.231 e. The number of nitrogens with two attached hydrogens (primary N) is 1. The van der Waals surface area contributed by atoms with Gasteiger partial charge < -0.3 is 9.80 Å². The van der Waals surface area contributed by atoms with Crippen molar-refractivity contribution in [1.29, 1.82) is 0 Å². The van der Waals surface area contributed by atoms with Gasteiger partial charge in [0.05, 0.1) is 13.1 Å². The maximum absolute atomic E-state index is 11.5. The van der Waals surface area contributed by atoms with Crippen molar-refractivity contribution in [1.82, 2.24) is 5.43 Å². The Labute approximate surface area is 94.8 Å². The minimum Gasteiger partial charge on any atom is -0.361 e. The molecular weight excluding hydrogens is 204 g/mol. The largest absolute Gasteiger partial charge is 0.361 e. The van der Waals surface area contributed by atoms with Gasteiger partial charge in [-0.25, -0.2) is 5.43 Å². The number of nitrogens with zero attached hydrogens (tertiary/aromatic N) is 2. The van der Waals surface area contributed by atoms with Crippen LogP contribution in [0.2, 0.25) is 0 Å². The van der Waals surface area contributed by atoms with Crippen LogP contribution in [-0.2, 0) is 11.2 Å². The molecule has 1 amide bonds. The number of hydrogen-bond donors (Lipinski definition) is 2. The molecule has 0 bridgehead atoms. The third kappa shape index (κ3) is 1.75. The van der Waals surface area contributed by atoms with Crippen LogP contribution in [0, 0.1) is 0 Å². The summed E-state index contributed by atoms with van der Waals surface area (Å²) in [5.74, 6) is 5.41. The summed E-state index contributed by atoms with van der Waals surface area (Å²) in [6.07, 6.45) is 0.490. The molecule has 0 radical (unpaired) electrons. The molecule has 0 fully saturated rings. The summed E-state index contributed by atoms with van der Waals surface area (Å²) >= 11 is 0. The third-order valence-corrected chi connectivity index (χ3v) is 2.91. The highest BCUT2D eigenvalue weighted by molar-refractivity contribution is 6.01. The van der Waals surface area contributed by atoms with Gasteiger partial charge in [0.1, 0.15) is 0 Å². The molecule has 3 N–H and O–H groups in total. The molecule has 1 aliphatic heterocycles. The van der Waals surface area contributed by atoms with E-state index < -0.39 is 0 Å². The molecule has 0 saturated carbocycles. The SMILES string of the molecule is CN(CNN)c1ccc2c(c1)CC(=O)N2C. The van der Waals surface area contributed by atoms with Crippen molar-refractivity contribution in [3.63, 3.8) is 0 Å². The van der Waals surface area contributed by atoms with Crippen molar-refractivity contribution >= 4 is 17.3 Å². The summed E-state index contributed by atoms with van der Waals surface area (Å²) in [7, 11) is 3.75. The van der Waals surface area contributed by atoms with Crippen LogP contribution in [0.3, 0.4) is 0 Å². The van der Waals surface area contributed by atoms with Crippen LogP contribution in [0.15, 0.2) is 18.2 Å². The van der Waals surface area contributed by atoms with E-state index in [-0.39, 0.29) is 5.91 Å². The van der Waals surface area contributed by atoms with E-state index in [4.69, 9.17) is 5.84 Å². The summed E-state index contributed by atoms with van der Waals surface area (Å²) in [6.45, 7) is 0.572. The van der Waals surface area contributed by atoms with Gasteiger partial charge in [-0.1, -0.05) is 0 Å². The van der Waals surface area contributed by atoms with Crippen molar-refractivity contribution < 1.29 is 4.79 Å². The lowest BCUT2D eigenvalue weighted by Crippen LogP contribution is -2.35. The molecule has 1 aliphatic rings. The molecule has 0 saturated heterocycles. The van der Waals surface area contributed by atoms with Crippen molar-refractivity contribution in [2.75, 3.05) is 30.6 Å². The average molecular weight is 220 g/mol. The van der Waals surface area contributed by atoms with E-state index >= 15 is 0 Å². The number of benzene rings is 1. The molecule has 0 aromatic heterocycles. The van der Waals surface area contributed by atoms with Crippen molar-refractivity contribution in [3.8, 4) is 0 Å². The van der Waals surface area contributed by atoms with Crippen molar-refractivity contribution in [3.05, 3.63) is 23.8 Å². The lowest BCUT2D eigenvalue weighted by molar-refractivity contribution is -0.117. The minimum absolute atomic E-state index is 0.145. The second-order valence-corrected chi connectivity index (χ2v) is 4.00. The zero-order valence-electron chi connectivity index (χ0n) is 9.53.